The smallest absolute Gasteiger partial charge is 0.254 e. The van der Waals surface area contributed by atoms with E-state index in [2.05, 4.69) is 66.2 Å². The monoisotopic (exact) mass is 513 g/mol. The highest BCUT2D eigenvalue weighted by Gasteiger charge is 2.31. The van der Waals surface area contributed by atoms with E-state index >= 15 is 0 Å². The van der Waals surface area contributed by atoms with Crippen molar-refractivity contribution in [2.75, 3.05) is 32.1 Å². The summed E-state index contributed by atoms with van der Waals surface area (Å²) in [6, 6.07) is 23.0. The van der Waals surface area contributed by atoms with Gasteiger partial charge in [-0.3, -0.25) is 4.79 Å². The van der Waals surface area contributed by atoms with E-state index in [1.54, 1.807) is 7.11 Å². The summed E-state index contributed by atoms with van der Waals surface area (Å²) in [4.78, 5) is 18.3. The van der Waals surface area contributed by atoms with Crippen molar-refractivity contribution in [3.63, 3.8) is 0 Å². The largest absolute Gasteiger partial charge is 0.497 e. The Morgan fingerprint density at radius 2 is 1.63 bits per heavy atom. The fourth-order valence-corrected chi connectivity index (χ4v) is 5.31. The van der Waals surface area contributed by atoms with Crippen LogP contribution in [0.3, 0.4) is 0 Å². The number of anilines is 2. The van der Waals surface area contributed by atoms with Gasteiger partial charge in [0.15, 0.2) is 0 Å². The van der Waals surface area contributed by atoms with Crippen molar-refractivity contribution >= 4 is 17.3 Å². The van der Waals surface area contributed by atoms with Crippen molar-refractivity contribution in [1.29, 1.82) is 0 Å². The van der Waals surface area contributed by atoms with Crippen LogP contribution in [0, 0.1) is 0 Å². The molecule has 0 bridgehead atoms. The molecule has 0 spiro atoms. The molecule has 4 rings (SSSR count). The molecular weight excluding hydrogens is 470 g/mol. The predicted molar refractivity (Wildman–Crippen MR) is 158 cm³/mol. The number of carbonyl (C=O) groups is 1. The average molecular weight is 514 g/mol. The Balaban J connectivity index is 1.53. The van der Waals surface area contributed by atoms with Crippen molar-refractivity contribution < 1.29 is 9.53 Å². The van der Waals surface area contributed by atoms with Gasteiger partial charge < -0.3 is 19.9 Å². The number of fused-ring (bicyclic) bond motifs is 1. The van der Waals surface area contributed by atoms with Crippen LogP contribution in [0.25, 0.3) is 0 Å². The van der Waals surface area contributed by atoms with Crippen molar-refractivity contribution in [1.82, 2.24) is 9.80 Å². The highest BCUT2D eigenvalue weighted by atomic mass is 16.5. The number of benzene rings is 3. The number of unbranched alkanes of at least 4 members (excludes halogenated alkanes) is 2. The Labute approximate surface area is 228 Å². The fraction of sp³-hybridized carbons (Fsp3) is 0.424. The number of nitrogens with one attached hydrogen (secondary N) is 1. The van der Waals surface area contributed by atoms with E-state index in [0.29, 0.717) is 6.54 Å². The Morgan fingerprint density at radius 1 is 0.921 bits per heavy atom. The molecule has 0 radical (unpaired) electrons. The number of ether oxygens (including phenoxy) is 1. The third kappa shape index (κ3) is 6.96. The minimum Gasteiger partial charge on any atom is -0.497 e. The van der Waals surface area contributed by atoms with Crippen LogP contribution >= 0.6 is 0 Å². The normalized spacial score (nSPS) is 14.9. The van der Waals surface area contributed by atoms with Gasteiger partial charge in [0, 0.05) is 36.1 Å². The van der Waals surface area contributed by atoms with E-state index in [0.717, 1.165) is 55.2 Å². The lowest BCUT2D eigenvalue weighted by Gasteiger charge is -2.39. The van der Waals surface area contributed by atoms with Crippen LogP contribution in [0.1, 0.15) is 67.1 Å². The molecule has 1 atom stereocenters. The summed E-state index contributed by atoms with van der Waals surface area (Å²) in [6.45, 7) is 10.1. The Kier molecular flexibility index (Phi) is 9.83. The molecule has 0 fully saturated rings. The Hall–Kier alpha value is -3.31. The van der Waals surface area contributed by atoms with Crippen molar-refractivity contribution in [2.45, 2.75) is 65.5 Å². The number of hydrogen-bond donors (Lipinski definition) is 1. The van der Waals surface area contributed by atoms with Gasteiger partial charge in [-0.25, -0.2) is 0 Å². The first kappa shape index (κ1) is 27.7. The molecule has 38 heavy (non-hydrogen) atoms. The molecule has 5 nitrogen and oxygen atoms in total. The van der Waals surface area contributed by atoms with Crippen LogP contribution in [0.2, 0.25) is 0 Å². The van der Waals surface area contributed by atoms with Crippen LogP contribution in [0.5, 0.6) is 5.75 Å². The second-order valence-corrected chi connectivity index (χ2v) is 10.3. The van der Waals surface area contributed by atoms with E-state index in [1.165, 1.54) is 36.0 Å². The Bertz CT molecular complexity index is 1170. The van der Waals surface area contributed by atoms with Gasteiger partial charge in [-0.1, -0.05) is 51.8 Å². The van der Waals surface area contributed by atoms with E-state index in [9.17, 15) is 4.79 Å². The van der Waals surface area contributed by atoms with E-state index in [-0.39, 0.29) is 11.9 Å². The molecule has 1 heterocycles. The molecule has 0 unspecified atom stereocenters. The van der Waals surface area contributed by atoms with Gasteiger partial charge in [-0.2, -0.15) is 0 Å². The SMILES string of the molecule is CCCCCc1ccc(C(=O)N2Cc3ccc(Nc4ccc(OC)cc4)cc3C[C@@H]2CN(CC)CC)cc1. The Morgan fingerprint density at radius 3 is 2.29 bits per heavy atom. The molecule has 1 aliphatic heterocycles. The van der Waals surface area contributed by atoms with Gasteiger partial charge in [0.25, 0.3) is 5.91 Å². The fourth-order valence-electron chi connectivity index (χ4n) is 5.31. The van der Waals surface area contributed by atoms with E-state index < -0.39 is 0 Å². The lowest BCUT2D eigenvalue weighted by atomic mass is 9.92. The summed E-state index contributed by atoms with van der Waals surface area (Å²) in [6.07, 6.45) is 5.61. The quantitative estimate of drug-likeness (QED) is 0.263. The van der Waals surface area contributed by atoms with Crippen molar-refractivity contribution in [2.24, 2.45) is 0 Å². The molecule has 0 aliphatic carbocycles. The van der Waals surface area contributed by atoms with Crippen molar-refractivity contribution in [3.05, 3.63) is 89.0 Å². The summed E-state index contributed by atoms with van der Waals surface area (Å²) in [5, 5.41) is 3.52. The summed E-state index contributed by atoms with van der Waals surface area (Å²) >= 11 is 0. The van der Waals surface area contributed by atoms with Gasteiger partial charge >= 0.3 is 0 Å². The number of nitrogens with zero attached hydrogens (tertiary/aromatic N) is 2. The second-order valence-electron chi connectivity index (χ2n) is 10.3. The first-order valence-electron chi connectivity index (χ1n) is 14.2. The van der Waals surface area contributed by atoms with Crippen LogP contribution in [-0.2, 0) is 19.4 Å². The zero-order valence-electron chi connectivity index (χ0n) is 23.5. The average Bonchev–Trinajstić information content (AvgIpc) is 2.96. The number of likely N-dealkylation sites (N-methyl/N-ethyl adjacent to an activating group) is 1. The van der Waals surface area contributed by atoms with Crippen molar-refractivity contribution in [3.8, 4) is 5.75 Å². The molecule has 3 aromatic carbocycles. The molecule has 0 aromatic heterocycles. The predicted octanol–water partition coefficient (Wildman–Crippen LogP) is 7.08. The first-order valence-corrected chi connectivity index (χ1v) is 14.2. The van der Waals surface area contributed by atoms with Gasteiger partial charge in [0.05, 0.1) is 7.11 Å². The molecule has 3 aromatic rings. The minimum absolute atomic E-state index is 0.133. The highest BCUT2D eigenvalue weighted by Crippen LogP contribution is 2.30. The summed E-state index contributed by atoms with van der Waals surface area (Å²) in [5.74, 6) is 0.976. The topological polar surface area (TPSA) is 44.8 Å². The molecule has 0 saturated carbocycles. The zero-order chi connectivity index (χ0) is 26.9. The van der Waals surface area contributed by atoms with Crippen LogP contribution in [-0.4, -0.2) is 48.5 Å². The number of amides is 1. The number of rotatable bonds is 12. The van der Waals surface area contributed by atoms with Crippen LogP contribution in [0.4, 0.5) is 11.4 Å². The molecule has 1 aliphatic rings. The molecule has 5 heteroatoms. The first-order chi connectivity index (χ1) is 18.5. The molecule has 1 amide bonds. The van der Waals surface area contributed by atoms with Gasteiger partial charge in [-0.05, 0) is 97.6 Å². The van der Waals surface area contributed by atoms with E-state index in [1.807, 2.05) is 36.4 Å². The van der Waals surface area contributed by atoms with Gasteiger partial charge in [0.1, 0.15) is 5.75 Å². The molecule has 202 valence electrons. The van der Waals surface area contributed by atoms with Crippen LogP contribution in [0.15, 0.2) is 66.7 Å². The molecular formula is C33H43N3O2. The number of methoxy groups -OCH3 is 1. The minimum atomic E-state index is 0.133. The molecule has 0 saturated heterocycles. The maximum atomic E-state index is 13.8. The highest BCUT2D eigenvalue weighted by molar-refractivity contribution is 5.94. The van der Waals surface area contributed by atoms with E-state index in [4.69, 9.17) is 4.74 Å². The number of carbonyl (C=O) groups excluding carboxylic acids is 1. The lowest BCUT2D eigenvalue weighted by Crippen LogP contribution is -2.50. The number of aryl methyl sites for hydroxylation is 1. The third-order valence-electron chi connectivity index (χ3n) is 7.72. The standard InChI is InChI=1S/C33H43N3O2/c1-5-8-9-10-25-11-13-26(14-12-25)33(37)36-23-27-15-16-30(34-29-17-19-32(38-4)20-18-29)21-28(27)22-31(36)24-35(6-2)7-3/h11-21,31,34H,5-10,22-24H2,1-4H3/t31-/m1/s1. The number of hydrogen-bond acceptors (Lipinski definition) is 4. The summed E-state index contributed by atoms with van der Waals surface area (Å²) in [5.41, 5.74) is 6.73. The van der Waals surface area contributed by atoms with Gasteiger partial charge in [-0.15, -0.1) is 0 Å². The maximum absolute atomic E-state index is 13.8. The second kappa shape index (κ2) is 13.5. The maximum Gasteiger partial charge on any atom is 0.254 e. The zero-order valence-corrected chi connectivity index (χ0v) is 23.5. The summed E-state index contributed by atoms with van der Waals surface area (Å²) < 4.78 is 5.28. The summed E-state index contributed by atoms with van der Waals surface area (Å²) in [7, 11) is 1.68. The third-order valence-corrected chi connectivity index (χ3v) is 7.72. The van der Waals surface area contributed by atoms with Crippen LogP contribution < -0.4 is 10.1 Å². The molecule has 1 N–H and O–H groups in total. The van der Waals surface area contributed by atoms with Gasteiger partial charge in [0.2, 0.25) is 0 Å². The lowest BCUT2D eigenvalue weighted by molar-refractivity contribution is 0.0586.